The minimum Gasteiger partial charge on any atom is -0.295 e. The number of aromatic nitrogens is 1. The maximum Gasteiger partial charge on any atom is 0.268 e. The Bertz CT molecular complexity index is 1040. The van der Waals surface area contributed by atoms with Gasteiger partial charge in [0.25, 0.3) is 10.0 Å². The zero-order chi connectivity index (χ0) is 17.3. The summed E-state index contributed by atoms with van der Waals surface area (Å²) in [7, 11) is -3.70. The Balaban J connectivity index is 2.22. The molecule has 0 amide bonds. The highest BCUT2D eigenvalue weighted by molar-refractivity contribution is 7.90. The number of fused-ring (bicyclic) bond motifs is 1. The summed E-state index contributed by atoms with van der Waals surface area (Å²) in [6, 6.07) is 14.0. The molecule has 0 aliphatic rings. The fourth-order valence-electron chi connectivity index (χ4n) is 2.54. The molecule has 3 aromatic rings. The van der Waals surface area contributed by atoms with Crippen LogP contribution in [0, 0.1) is 6.92 Å². The van der Waals surface area contributed by atoms with Crippen LogP contribution in [-0.2, 0) is 14.8 Å². The lowest BCUT2D eigenvalue weighted by Gasteiger charge is -2.07. The third kappa shape index (κ3) is 2.90. The molecule has 5 heteroatoms. The van der Waals surface area contributed by atoms with E-state index in [9.17, 15) is 13.2 Å². The first-order valence-corrected chi connectivity index (χ1v) is 8.94. The zero-order valence-corrected chi connectivity index (χ0v) is 14.2. The highest BCUT2D eigenvalue weighted by Crippen LogP contribution is 2.27. The standard InChI is InChI=1S/C19H17NO3S/c1-14-7-11-17(12-8-14)24(22,23)20-13-16(10-9-15(2)21)18-5-3-4-6-19(18)20/h3-13H,1-2H3. The van der Waals surface area contributed by atoms with E-state index in [0.29, 0.717) is 11.1 Å². The molecule has 1 aromatic heterocycles. The van der Waals surface area contributed by atoms with Gasteiger partial charge in [-0.1, -0.05) is 35.9 Å². The topological polar surface area (TPSA) is 56.1 Å². The molecule has 0 aliphatic heterocycles. The smallest absolute Gasteiger partial charge is 0.268 e. The first kappa shape index (κ1) is 16.2. The maximum absolute atomic E-state index is 13.0. The number of nitrogens with zero attached hydrogens (tertiary/aromatic N) is 1. The van der Waals surface area contributed by atoms with Crippen LogP contribution >= 0.6 is 0 Å². The number of aryl methyl sites for hydroxylation is 1. The molecule has 0 aliphatic carbocycles. The minimum atomic E-state index is -3.70. The van der Waals surface area contributed by atoms with E-state index < -0.39 is 10.0 Å². The molecule has 0 unspecified atom stereocenters. The van der Waals surface area contributed by atoms with Crippen LogP contribution in [0.25, 0.3) is 17.0 Å². The average molecular weight is 339 g/mol. The molecule has 1 heterocycles. The summed E-state index contributed by atoms with van der Waals surface area (Å²) in [6.07, 6.45) is 4.63. The van der Waals surface area contributed by atoms with E-state index in [1.165, 1.54) is 17.0 Å². The van der Waals surface area contributed by atoms with E-state index in [1.54, 1.807) is 48.7 Å². The molecule has 122 valence electrons. The minimum absolute atomic E-state index is 0.0896. The Morgan fingerprint density at radius 1 is 1.04 bits per heavy atom. The van der Waals surface area contributed by atoms with Gasteiger partial charge >= 0.3 is 0 Å². The van der Waals surface area contributed by atoms with Gasteiger partial charge in [0, 0.05) is 17.1 Å². The van der Waals surface area contributed by atoms with Gasteiger partial charge < -0.3 is 0 Å². The van der Waals surface area contributed by atoms with Crippen LogP contribution in [0.4, 0.5) is 0 Å². The van der Waals surface area contributed by atoms with Crippen LogP contribution in [0.3, 0.4) is 0 Å². The van der Waals surface area contributed by atoms with E-state index in [1.807, 2.05) is 19.1 Å². The van der Waals surface area contributed by atoms with Gasteiger partial charge in [-0.05, 0) is 44.2 Å². The van der Waals surface area contributed by atoms with Gasteiger partial charge in [0.05, 0.1) is 10.4 Å². The number of ketones is 1. The number of allylic oxidation sites excluding steroid dienone is 1. The second-order valence-electron chi connectivity index (χ2n) is 5.66. The molecule has 24 heavy (non-hydrogen) atoms. The number of hydrogen-bond acceptors (Lipinski definition) is 3. The molecule has 4 nitrogen and oxygen atoms in total. The van der Waals surface area contributed by atoms with Crippen molar-refractivity contribution in [2.45, 2.75) is 18.7 Å². The second-order valence-corrected chi connectivity index (χ2v) is 7.47. The monoisotopic (exact) mass is 339 g/mol. The van der Waals surface area contributed by atoms with Crippen molar-refractivity contribution >= 4 is 32.8 Å². The predicted molar refractivity (Wildman–Crippen MR) is 95.4 cm³/mol. The number of benzene rings is 2. The molecule has 0 bridgehead atoms. The third-order valence-electron chi connectivity index (χ3n) is 3.78. The van der Waals surface area contributed by atoms with Gasteiger partial charge in [-0.25, -0.2) is 12.4 Å². The van der Waals surface area contributed by atoms with Crippen molar-refractivity contribution in [3.63, 3.8) is 0 Å². The molecule has 0 spiro atoms. The van der Waals surface area contributed by atoms with Gasteiger partial charge in [-0.2, -0.15) is 0 Å². The highest BCUT2D eigenvalue weighted by Gasteiger charge is 2.20. The molecule has 0 N–H and O–H groups in total. The van der Waals surface area contributed by atoms with E-state index in [-0.39, 0.29) is 10.7 Å². The summed E-state index contributed by atoms with van der Waals surface area (Å²) in [6.45, 7) is 3.37. The van der Waals surface area contributed by atoms with Crippen molar-refractivity contribution in [3.8, 4) is 0 Å². The Morgan fingerprint density at radius 3 is 2.38 bits per heavy atom. The zero-order valence-electron chi connectivity index (χ0n) is 13.4. The lowest BCUT2D eigenvalue weighted by Crippen LogP contribution is -2.11. The summed E-state index contributed by atoms with van der Waals surface area (Å²) in [5.74, 6) is -0.0896. The molecule has 0 saturated carbocycles. The fraction of sp³-hybridized carbons (Fsp3) is 0.105. The summed E-state index contributed by atoms with van der Waals surface area (Å²) < 4.78 is 27.2. The van der Waals surface area contributed by atoms with Gasteiger partial charge in [0.15, 0.2) is 5.78 Å². The normalized spacial score (nSPS) is 12.1. The van der Waals surface area contributed by atoms with E-state index in [2.05, 4.69) is 0 Å². The lowest BCUT2D eigenvalue weighted by molar-refractivity contribution is -0.112. The average Bonchev–Trinajstić information content (AvgIpc) is 2.93. The summed E-state index contributed by atoms with van der Waals surface area (Å²) >= 11 is 0. The second kappa shape index (κ2) is 6.09. The maximum atomic E-state index is 13.0. The first-order valence-electron chi connectivity index (χ1n) is 7.50. The third-order valence-corrected chi connectivity index (χ3v) is 5.47. The van der Waals surface area contributed by atoms with Crippen molar-refractivity contribution in [1.29, 1.82) is 0 Å². The van der Waals surface area contributed by atoms with Crippen molar-refractivity contribution < 1.29 is 13.2 Å². The SMILES string of the molecule is CC(=O)C=Cc1cn(S(=O)(=O)c2ccc(C)cc2)c2ccccc12. The molecule has 0 saturated heterocycles. The Kier molecular flexibility index (Phi) is 4.11. The number of carbonyl (C=O) groups is 1. The van der Waals surface area contributed by atoms with Gasteiger partial charge in [0.1, 0.15) is 0 Å². The molecular weight excluding hydrogens is 322 g/mol. The van der Waals surface area contributed by atoms with Crippen molar-refractivity contribution in [2.75, 3.05) is 0 Å². The number of para-hydroxylation sites is 1. The molecule has 0 fully saturated rings. The Hall–Kier alpha value is -2.66. The highest BCUT2D eigenvalue weighted by atomic mass is 32.2. The van der Waals surface area contributed by atoms with Gasteiger partial charge in [0.2, 0.25) is 0 Å². The number of hydrogen-bond donors (Lipinski definition) is 0. The van der Waals surface area contributed by atoms with Crippen LogP contribution in [0.2, 0.25) is 0 Å². The Labute approximate surface area is 141 Å². The predicted octanol–water partition coefficient (Wildman–Crippen LogP) is 3.79. The van der Waals surface area contributed by atoms with Crippen LogP contribution in [0.5, 0.6) is 0 Å². The van der Waals surface area contributed by atoms with Gasteiger partial charge in [-0.15, -0.1) is 0 Å². The van der Waals surface area contributed by atoms with Gasteiger partial charge in [-0.3, -0.25) is 4.79 Å². The quantitative estimate of drug-likeness (QED) is 0.680. The largest absolute Gasteiger partial charge is 0.295 e. The molecule has 0 radical (unpaired) electrons. The van der Waals surface area contributed by atoms with E-state index in [0.717, 1.165) is 10.9 Å². The van der Waals surface area contributed by atoms with Crippen LogP contribution in [0.1, 0.15) is 18.1 Å². The van der Waals surface area contributed by atoms with Crippen molar-refractivity contribution in [1.82, 2.24) is 3.97 Å². The molecule has 3 rings (SSSR count). The number of carbonyl (C=O) groups excluding carboxylic acids is 1. The molecular formula is C19H17NO3S. The van der Waals surface area contributed by atoms with Crippen molar-refractivity contribution in [3.05, 3.63) is 71.9 Å². The summed E-state index contributed by atoms with van der Waals surface area (Å²) in [4.78, 5) is 11.4. The van der Waals surface area contributed by atoms with Crippen LogP contribution in [0.15, 0.2) is 65.7 Å². The fourth-order valence-corrected chi connectivity index (χ4v) is 3.92. The Morgan fingerprint density at radius 2 is 1.71 bits per heavy atom. The first-order chi connectivity index (χ1) is 11.4. The van der Waals surface area contributed by atoms with Crippen molar-refractivity contribution in [2.24, 2.45) is 0 Å². The van der Waals surface area contributed by atoms with E-state index in [4.69, 9.17) is 0 Å². The lowest BCUT2D eigenvalue weighted by atomic mass is 10.1. The molecule has 0 atom stereocenters. The summed E-state index contributed by atoms with van der Waals surface area (Å²) in [5, 5.41) is 0.783. The van der Waals surface area contributed by atoms with E-state index >= 15 is 0 Å². The summed E-state index contributed by atoms with van der Waals surface area (Å²) in [5.41, 5.74) is 2.27. The molecule has 2 aromatic carbocycles. The number of rotatable bonds is 4. The van der Waals surface area contributed by atoms with Crippen LogP contribution < -0.4 is 0 Å². The van der Waals surface area contributed by atoms with Crippen LogP contribution in [-0.4, -0.2) is 18.2 Å².